The number of rotatable bonds is 5. The third kappa shape index (κ3) is 3.22. The van der Waals surface area contributed by atoms with Gasteiger partial charge in [0.15, 0.2) is 0 Å². The lowest BCUT2D eigenvalue weighted by Gasteiger charge is -2.39. The van der Waals surface area contributed by atoms with Gasteiger partial charge in [-0.1, -0.05) is 35.7 Å². The van der Waals surface area contributed by atoms with Gasteiger partial charge in [0.2, 0.25) is 5.91 Å². The van der Waals surface area contributed by atoms with Gasteiger partial charge in [0.25, 0.3) is 0 Å². The summed E-state index contributed by atoms with van der Waals surface area (Å²) in [5, 5.41) is 4.21. The van der Waals surface area contributed by atoms with Crippen molar-refractivity contribution in [1.82, 2.24) is 5.32 Å². The average Bonchev–Trinajstić information content (AvgIpc) is 2.31. The fourth-order valence-electron chi connectivity index (χ4n) is 2.35. The number of carbonyl (C=O) groups excluding carboxylic acids is 1. The topological polar surface area (TPSA) is 55.1 Å². The van der Waals surface area contributed by atoms with E-state index in [2.05, 4.69) is 5.32 Å². The summed E-state index contributed by atoms with van der Waals surface area (Å²) in [7, 11) is 0. The third-order valence-corrected chi connectivity index (χ3v) is 4.47. The number of benzene rings is 1. The van der Waals surface area contributed by atoms with Crippen molar-refractivity contribution < 1.29 is 4.79 Å². The number of nitrogens with one attached hydrogen (secondary N) is 1. The van der Waals surface area contributed by atoms with Gasteiger partial charge in [-0.25, -0.2) is 0 Å². The molecule has 1 fully saturated rings. The van der Waals surface area contributed by atoms with Gasteiger partial charge in [-0.15, -0.1) is 0 Å². The highest BCUT2D eigenvalue weighted by atomic mass is 35.5. The van der Waals surface area contributed by atoms with Crippen molar-refractivity contribution in [3.05, 3.63) is 33.8 Å². The van der Waals surface area contributed by atoms with Gasteiger partial charge in [0, 0.05) is 23.1 Å². The van der Waals surface area contributed by atoms with E-state index in [1.54, 1.807) is 12.1 Å². The van der Waals surface area contributed by atoms with Crippen molar-refractivity contribution in [2.75, 3.05) is 13.1 Å². The van der Waals surface area contributed by atoms with Crippen LogP contribution >= 0.6 is 23.2 Å². The minimum Gasteiger partial charge on any atom is -0.355 e. The van der Waals surface area contributed by atoms with Crippen LogP contribution in [0, 0.1) is 5.41 Å². The van der Waals surface area contributed by atoms with Crippen LogP contribution in [0.3, 0.4) is 0 Å². The number of hydrogen-bond donors (Lipinski definition) is 2. The van der Waals surface area contributed by atoms with Crippen LogP contribution in [0.2, 0.25) is 10.0 Å². The lowest BCUT2D eigenvalue weighted by atomic mass is 9.68. The maximum atomic E-state index is 12.1. The summed E-state index contributed by atoms with van der Waals surface area (Å²) in [6, 6.07) is 5.41. The van der Waals surface area contributed by atoms with Crippen molar-refractivity contribution in [3.8, 4) is 0 Å². The molecule has 0 aliphatic heterocycles. The molecule has 0 unspecified atom stereocenters. The lowest BCUT2D eigenvalue weighted by Crippen LogP contribution is -2.50. The van der Waals surface area contributed by atoms with Crippen molar-refractivity contribution in [3.63, 3.8) is 0 Å². The van der Waals surface area contributed by atoms with E-state index in [-0.39, 0.29) is 11.3 Å². The Bertz CT molecular complexity index is 467. The summed E-state index contributed by atoms with van der Waals surface area (Å²) in [5.41, 5.74) is 6.37. The highest BCUT2D eigenvalue weighted by Gasteiger charge is 2.42. The summed E-state index contributed by atoms with van der Waals surface area (Å²) in [6.07, 6.45) is 3.59. The Morgan fingerprint density at radius 1 is 1.37 bits per heavy atom. The molecule has 0 atom stereocenters. The number of amides is 1. The highest BCUT2D eigenvalue weighted by Crippen LogP contribution is 2.39. The number of halogens is 2. The van der Waals surface area contributed by atoms with Gasteiger partial charge in [-0.05, 0) is 37.0 Å². The average molecular weight is 301 g/mol. The first-order valence-electron chi connectivity index (χ1n) is 6.50. The second-order valence-electron chi connectivity index (χ2n) is 5.08. The number of hydrogen-bond acceptors (Lipinski definition) is 2. The smallest absolute Gasteiger partial charge is 0.227 e. The molecule has 1 saturated carbocycles. The van der Waals surface area contributed by atoms with E-state index < -0.39 is 0 Å². The molecule has 0 bridgehead atoms. The van der Waals surface area contributed by atoms with Crippen LogP contribution in [0.5, 0.6) is 0 Å². The van der Waals surface area contributed by atoms with Crippen LogP contribution in [-0.2, 0) is 11.2 Å². The SMILES string of the molecule is NCC1(C(=O)NCCc2ccc(Cl)cc2Cl)CCC1. The van der Waals surface area contributed by atoms with E-state index in [1.807, 2.05) is 6.07 Å². The van der Waals surface area contributed by atoms with Crippen molar-refractivity contribution in [2.45, 2.75) is 25.7 Å². The molecule has 3 nitrogen and oxygen atoms in total. The van der Waals surface area contributed by atoms with E-state index in [4.69, 9.17) is 28.9 Å². The summed E-state index contributed by atoms with van der Waals surface area (Å²) in [4.78, 5) is 12.1. The Kier molecular flexibility index (Phi) is 4.71. The quantitative estimate of drug-likeness (QED) is 0.878. The molecule has 1 aromatic rings. The molecule has 2 rings (SSSR count). The normalized spacial score (nSPS) is 16.8. The number of nitrogens with two attached hydrogens (primary N) is 1. The molecule has 1 aliphatic carbocycles. The van der Waals surface area contributed by atoms with E-state index in [0.29, 0.717) is 29.6 Å². The minimum atomic E-state index is -0.316. The van der Waals surface area contributed by atoms with Crippen LogP contribution in [0.15, 0.2) is 18.2 Å². The van der Waals surface area contributed by atoms with Crippen molar-refractivity contribution >= 4 is 29.1 Å². The molecule has 1 amide bonds. The van der Waals surface area contributed by atoms with Crippen molar-refractivity contribution in [2.24, 2.45) is 11.1 Å². The van der Waals surface area contributed by atoms with Gasteiger partial charge in [0.05, 0.1) is 5.41 Å². The third-order valence-electron chi connectivity index (χ3n) is 3.88. The fourth-order valence-corrected chi connectivity index (χ4v) is 2.85. The summed E-state index contributed by atoms with van der Waals surface area (Å²) in [6.45, 7) is 1.00. The van der Waals surface area contributed by atoms with E-state index in [9.17, 15) is 4.79 Å². The molecule has 0 spiro atoms. The highest BCUT2D eigenvalue weighted by molar-refractivity contribution is 6.35. The van der Waals surface area contributed by atoms with E-state index >= 15 is 0 Å². The molecule has 104 valence electrons. The zero-order valence-corrected chi connectivity index (χ0v) is 12.2. The van der Waals surface area contributed by atoms with Crippen molar-refractivity contribution in [1.29, 1.82) is 0 Å². The predicted molar refractivity (Wildman–Crippen MR) is 78.5 cm³/mol. The fraction of sp³-hybridized carbons (Fsp3) is 0.500. The molecule has 1 aliphatic rings. The maximum absolute atomic E-state index is 12.1. The van der Waals surface area contributed by atoms with Crippen LogP contribution in [0.1, 0.15) is 24.8 Å². The van der Waals surface area contributed by atoms with E-state index in [1.165, 1.54) is 0 Å². The Balaban J connectivity index is 1.85. The standard InChI is InChI=1S/C14H18Cl2N2O/c15-11-3-2-10(12(16)8-11)4-7-18-13(19)14(9-17)5-1-6-14/h2-3,8H,1,4-7,9,17H2,(H,18,19). The number of carbonyl (C=O) groups is 1. The first-order valence-corrected chi connectivity index (χ1v) is 7.25. The maximum Gasteiger partial charge on any atom is 0.227 e. The molecule has 19 heavy (non-hydrogen) atoms. The Labute approximate surface area is 123 Å². The van der Waals surface area contributed by atoms with Gasteiger partial charge in [-0.3, -0.25) is 4.79 Å². The zero-order chi connectivity index (χ0) is 13.9. The molecular weight excluding hydrogens is 283 g/mol. The van der Waals surface area contributed by atoms with Crippen LogP contribution in [0.25, 0.3) is 0 Å². The second kappa shape index (κ2) is 6.12. The largest absolute Gasteiger partial charge is 0.355 e. The van der Waals surface area contributed by atoms with Gasteiger partial charge < -0.3 is 11.1 Å². The zero-order valence-electron chi connectivity index (χ0n) is 10.7. The van der Waals surface area contributed by atoms with E-state index in [0.717, 1.165) is 24.8 Å². The van der Waals surface area contributed by atoms with Crippen LogP contribution in [-0.4, -0.2) is 19.0 Å². The summed E-state index contributed by atoms with van der Waals surface area (Å²) >= 11 is 11.9. The minimum absolute atomic E-state index is 0.0753. The predicted octanol–water partition coefficient (Wildman–Crippen LogP) is 2.78. The molecule has 0 saturated heterocycles. The van der Waals surface area contributed by atoms with Gasteiger partial charge in [0.1, 0.15) is 0 Å². The van der Waals surface area contributed by atoms with Crippen LogP contribution < -0.4 is 11.1 Å². The molecule has 0 heterocycles. The molecule has 5 heteroatoms. The molecule has 0 aromatic heterocycles. The lowest BCUT2D eigenvalue weighted by molar-refractivity contribution is -0.135. The Morgan fingerprint density at radius 2 is 2.11 bits per heavy atom. The summed E-state index contributed by atoms with van der Waals surface area (Å²) < 4.78 is 0. The molecular formula is C14H18Cl2N2O. The summed E-state index contributed by atoms with van der Waals surface area (Å²) in [5.74, 6) is 0.0753. The second-order valence-corrected chi connectivity index (χ2v) is 5.92. The molecule has 0 radical (unpaired) electrons. The monoisotopic (exact) mass is 300 g/mol. The molecule has 1 aromatic carbocycles. The van der Waals surface area contributed by atoms with Gasteiger partial charge >= 0.3 is 0 Å². The van der Waals surface area contributed by atoms with Crippen LogP contribution in [0.4, 0.5) is 0 Å². The Hall–Kier alpha value is -0.770. The Morgan fingerprint density at radius 3 is 2.63 bits per heavy atom. The first-order chi connectivity index (χ1) is 9.07. The molecule has 3 N–H and O–H groups in total. The van der Waals surface area contributed by atoms with Gasteiger partial charge in [-0.2, -0.15) is 0 Å². The first kappa shape index (κ1) is 14.6.